The lowest BCUT2D eigenvalue weighted by molar-refractivity contribution is -0.689. The Morgan fingerprint density at radius 2 is 2.08 bits per heavy atom. The molecule has 1 saturated heterocycles. The predicted octanol–water partition coefficient (Wildman–Crippen LogP) is 0.161. The van der Waals surface area contributed by atoms with E-state index in [1.807, 2.05) is 22.8 Å². The molecule has 0 radical (unpaired) electrons. The van der Waals surface area contributed by atoms with E-state index in [2.05, 4.69) is 20.8 Å². The summed E-state index contributed by atoms with van der Waals surface area (Å²) in [7, 11) is 1.22. The lowest BCUT2D eigenvalue weighted by Gasteiger charge is -2.49. The van der Waals surface area contributed by atoms with E-state index >= 15 is 0 Å². The Bertz CT molecular complexity index is 1330. The number of carbonyl (C=O) groups excluding carboxylic acids is 3. The number of carbonyl (C=O) groups is 4. The molecule has 5 N–H and O–H groups in total. The third-order valence-electron chi connectivity index (χ3n) is 5.51. The zero-order valence-corrected chi connectivity index (χ0v) is 22.3. The molecule has 2 aliphatic rings. The second-order valence-corrected chi connectivity index (χ2v) is 10.7. The second kappa shape index (κ2) is 11.9. The van der Waals surface area contributed by atoms with Crippen LogP contribution in [0.25, 0.3) is 0 Å². The van der Waals surface area contributed by atoms with Gasteiger partial charge in [0, 0.05) is 36.4 Å². The molecule has 4 heterocycles. The van der Waals surface area contributed by atoms with Gasteiger partial charge in [-0.1, -0.05) is 34.2 Å². The summed E-state index contributed by atoms with van der Waals surface area (Å²) in [6, 6.07) is 4.49. The fraction of sp³-hybridized carbons (Fsp3) is 0.318. The molecule has 0 aliphatic carbocycles. The number of amides is 3. The molecular weight excluding hydrogens is 558 g/mol. The number of nitrogens with two attached hydrogens (primary N) is 1. The van der Waals surface area contributed by atoms with Crippen LogP contribution in [0.4, 0.5) is 5.13 Å². The largest absolute Gasteiger partial charge is 0.477 e. The van der Waals surface area contributed by atoms with E-state index in [0.29, 0.717) is 17.9 Å². The van der Waals surface area contributed by atoms with E-state index in [1.54, 1.807) is 12.4 Å². The van der Waals surface area contributed by atoms with E-state index in [-0.39, 0.29) is 45.4 Å². The molecule has 2 aliphatic heterocycles. The number of halogens is 1. The Hall–Kier alpha value is -3.53. The maximum atomic E-state index is 13.1. The standard InChI is InChI=1S/C22H22ClN7O6S2/c1-36-28-14(13-17(23)38-22(27-13)25-12(31)5-6-24)18(32)26-15-19(33)30-16(21(34)35)11(10-37-20(15)30)9-29-7-3-2-4-8-29/h2-4,7-8,15,20H,5-6,9-10,24H2,1H3,(H2-,25,26,27,31,32,34,35)/p+1/b28-14+/t15-,20-/m1/s1. The van der Waals surface area contributed by atoms with Crippen LogP contribution in [0.3, 0.4) is 0 Å². The molecule has 1 fully saturated rings. The summed E-state index contributed by atoms with van der Waals surface area (Å²) in [5.41, 5.74) is 5.50. The molecule has 0 spiro atoms. The number of thioether (sulfide) groups is 1. The molecule has 3 amide bonds. The molecule has 2 atom stereocenters. The number of fused-ring (bicyclic) bond motifs is 1. The highest BCUT2D eigenvalue weighted by molar-refractivity contribution is 8.00. The molecule has 0 bridgehead atoms. The summed E-state index contributed by atoms with van der Waals surface area (Å²) in [4.78, 5) is 60.2. The normalized spacial score (nSPS) is 19.0. The van der Waals surface area contributed by atoms with Gasteiger partial charge in [-0.05, 0) is 0 Å². The number of anilines is 1. The number of β-lactam (4-membered cyclic amide) rings is 1. The minimum absolute atomic E-state index is 0.0488. The zero-order chi connectivity index (χ0) is 27.4. The molecule has 13 nitrogen and oxygen atoms in total. The summed E-state index contributed by atoms with van der Waals surface area (Å²) in [6.45, 7) is 0.452. The van der Waals surface area contributed by atoms with Crippen LogP contribution in [0.1, 0.15) is 12.1 Å². The van der Waals surface area contributed by atoms with Crippen LogP contribution in [-0.4, -0.2) is 75.2 Å². The van der Waals surface area contributed by atoms with Gasteiger partial charge in [-0.2, -0.15) is 0 Å². The van der Waals surface area contributed by atoms with Crippen molar-refractivity contribution in [3.05, 3.63) is 51.9 Å². The Labute approximate surface area is 229 Å². The highest BCUT2D eigenvalue weighted by atomic mass is 35.5. The Morgan fingerprint density at radius 3 is 2.74 bits per heavy atom. The molecule has 38 heavy (non-hydrogen) atoms. The van der Waals surface area contributed by atoms with E-state index in [1.165, 1.54) is 23.8 Å². The number of hydrogen-bond acceptors (Lipinski definition) is 10. The van der Waals surface area contributed by atoms with Crippen molar-refractivity contribution in [2.75, 3.05) is 24.7 Å². The lowest BCUT2D eigenvalue weighted by Crippen LogP contribution is -2.71. The molecule has 2 aromatic heterocycles. The number of carboxylic acids is 1. The van der Waals surface area contributed by atoms with Crippen LogP contribution in [0.5, 0.6) is 0 Å². The van der Waals surface area contributed by atoms with Gasteiger partial charge in [0.25, 0.3) is 11.8 Å². The third kappa shape index (κ3) is 5.65. The first kappa shape index (κ1) is 27.5. The van der Waals surface area contributed by atoms with E-state index in [4.69, 9.17) is 22.2 Å². The minimum Gasteiger partial charge on any atom is -0.477 e. The van der Waals surface area contributed by atoms with Gasteiger partial charge in [0.2, 0.25) is 5.91 Å². The predicted molar refractivity (Wildman–Crippen MR) is 139 cm³/mol. The fourth-order valence-electron chi connectivity index (χ4n) is 3.87. The highest BCUT2D eigenvalue weighted by Crippen LogP contribution is 2.40. The van der Waals surface area contributed by atoms with Crippen molar-refractivity contribution >= 4 is 69.2 Å². The molecule has 2 aromatic rings. The number of hydrogen-bond donors (Lipinski definition) is 4. The maximum absolute atomic E-state index is 13.1. The molecule has 4 rings (SSSR count). The number of carboxylic acid groups (broad SMARTS) is 1. The van der Waals surface area contributed by atoms with Gasteiger partial charge in [0.1, 0.15) is 34.3 Å². The van der Waals surface area contributed by atoms with E-state index in [0.717, 1.165) is 11.3 Å². The van der Waals surface area contributed by atoms with Crippen LogP contribution in [0, 0.1) is 0 Å². The van der Waals surface area contributed by atoms with Crippen molar-refractivity contribution in [3.8, 4) is 0 Å². The molecular formula is C22H23ClN7O6S2+. The number of nitrogens with zero attached hydrogens (tertiary/aromatic N) is 4. The first-order valence-electron chi connectivity index (χ1n) is 11.2. The Morgan fingerprint density at radius 1 is 1.34 bits per heavy atom. The molecule has 16 heteroatoms. The number of thiazole rings is 1. The summed E-state index contributed by atoms with van der Waals surface area (Å²) in [6.07, 6.45) is 3.68. The summed E-state index contributed by atoms with van der Waals surface area (Å²) < 4.78 is 1.88. The number of pyridine rings is 1. The van der Waals surface area contributed by atoms with E-state index < -0.39 is 29.2 Å². The van der Waals surface area contributed by atoms with Crippen molar-refractivity contribution in [3.63, 3.8) is 0 Å². The number of aliphatic carboxylic acids is 1. The fourth-order valence-corrected chi connectivity index (χ4v) is 6.27. The monoisotopic (exact) mass is 580 g/mol. The third-order valence-corrected chi connectivity index (χ3v) is 8.02. The van der Waals surface area contributed by atoms with Gasteiger partial charge in [-0.3, -0.25) is 19.3 Å². The first-order chi connectivity index (χ1) is 18.2. The van der Waals surface area contributed by atoms with Crippen LogP contribution in [0.2, 0.25) is 4.34 Å². The molecule has 0 saturated carbocycles. The molecule has 0 unspecified atom stereocenters. The van der Waals surface area contributed by atoms with Crippen molar-refractivity contribution in [1.29, 1.82) is 0 Å². The molecule has 0 aromatic carbocycles. The average molecular weight is 581 g/mol. The lowest BCUT2D eigenvalue weighted by atomic mass is 10.0. The Kier molecular flexibility index (Phi) is 8.61. The van der Waals surface area contributed by atoms with Crippen molar-refractivity contribution in [1.82, 2.24) is 15.2 Å². The average Bonchev–Trinajstić information content (AvgIpc) is 3.24. The number of rotatable bonds is 10. The van der Waals surface area contributed by atoms with Gasteiger partial charge < -0.3 is 26.3 Å². The van der Waals surface area contributed by atoms with Crippen molar-refractivity contribution < 1.29 is 33.7 Å². The smallest absolute Gasteiger partial charge is 0.352 e. The highest BCUT2D eigenvalue weighted by Gasteiger charge is 2.54. The van der Waals surface area contributed by atoms with E-state index in [9.17, 15) is 24.3 Å². The van der Waals surface area contributed by atoms with Gasteiger partial charge >= 0.3 is 5.97 Å². The Balaban J connectivity index is 1.51. The SMILES string of the molecule is CO/N=C(/C(=O)N[C@@H]1C(=O)N2C(C(=O)O)=C(C[n+]3ccccc3)CS[C@H]12)c1nc(NC(=O)CCN)sc1Cl. The minimum atomic E-state index is -1.22. The van der Waals surface area contributed by atoms with Crippen molar-refractivity contribution in [2.24, 2.45) is 10.9 Å². The van der Waals surface area contributed by atoms with Gasteiger partial charge in [0.05, 0.1) is 0 Å². The van der Waals surface area contributed by atoms with Gasteiger partial charge in [-0.15, -0.1) is 11.8 Å². The quantitative estimate of drug-likeness (QED) is 0.132. The second-order valence-electron chi connectivity index (χ2n) is 8.02. The first-order valence-corrected chi connectivity index (χ1v) is 13.4. The zero-order valence-electron chi connectivity index (χ0n) is 19.9. The van der Waals surface area contributed by atoms with Crippen LogP contribution in [0.15, 0.2) is 47.0 Å². The number of nitrogens with one attached hydrogen (secondary N) is 2. The van der Waals surface area contributed by atoms with Gasteiger partial charge in [-0.25, -0.2) is 14.3 Å². The summed E-state index contributed by atoms with van der Waals surface area (Å²) >= 11 is 8.51. The van der Waals surface area contributed by atoms with Crippen LogP contribution >= 0.6 is 34.7 Å². The number of aromatic nitrogens is 2. The molecule has 200 valence electrons. The van der Waals surface area contributed by atoms with Crippen LogP contribution < -0.4 is 20.9 Å². The maximum Gasteiger partial charge on any atom is 0.352 e. The number of oxime groups is 1. The van der Waals surface area contributed by atoms with Crippen LogP contribution in [-0.2, 0) is 30.6 Å². The van der Waals surface area contributed by atoms with Gasteiger partial charge in [0.15, 0.2) is 29.8 Å². The van der Waals surface area contributed by atoms with Crippen molar-refractivity contribution in [2.45, 2.75) is 24.4 Å². The topological polar surface area (TPSA) is 180 Å². The summed E-state index contributed by atoms with van der Waals surface area (Å²) in [5, 5.41) is 18.2. The summed E-state index contributed by atoms with van der Waals surface area (Å²) in [5.74, 6) is -2.61.